The van der Waals surface area contributed by atoms with Crippen LogP contribution in [0.1, 0.15) is 44.6 Å². The van der Waals surface area contributed by atoms with Crippen molar-refractivity contribution in [2.24, 2.45) is 0 Å². The minimum atomic E-state index is -0.347. The highest BCUT2D eigenvalue weighted by molar-refractivity contribution is 5.23. The molecule has 0 atom stereocenters. The topological polar surface area (TPSA) is 34.1 Å². The van der Waals surface area contributed by atoms with Gasteiger partial charge in [0.15, 0.2) is 5.82 Å². The Bertz CT molecular complexity index is 345. The number of ether oxygens (including phenoxy) is 1. The van der Waals surface area contributed by atoms with E-state index in [-0.39, 0.29) is 11.7 Å². The van der Waals surface area contributed by atoms with E-state index in [1.54, 1.807) is 19.3 Å². The molecular formula is C14H23FN2O. The van der Waals surface area contributed by atoms with Gasteiger partial charge in [0.2, 0.25) is 0 Å². The average Bonchev–Trinajstić information content (AvgIpc) is 2.38. The molecule has 0 aliphatic carbocycles. The molecule has 0 spiro atoms. The molecule has 0 radical (unpaired) electrons. The number of nitrogens with zero attached hydrogens (tertiary/aromatic N) is 1. The van der Waals surface area contributed by atoms with Crippen molar-refractivity contribution in [3.8, 4) is 5.88 Å². The predicted octanol–water partition coefficient (Wildman–Crippen LogP) is 3.29. The molecule has 1 N–H and O–H groups in total. The number of hydrogen-bond acceptors (Lipinski definition) is 3. The Morgan fingerprint density at radius 3 is 2.78 bits per heavy atom. The molecule has 102 valence electrons. The molecule has 0 fully saturated rings. The van der Waals surface area contributed by atoms with Gasteiger partial charge < -0.3 is 10.1 Å². The minimum Gasteiger partial charge on any atom is -0.476 e. The molecule has 18 heavy (non-hydrogen) atoms. The predicted molar refractivity (Wildman–Crippen MR) is 71.2 cm³/mol. The number of hydrogen-bond donors (Lipinski definition) is 1. The van der Waals surface area contributed by atoms with Gasteiger partial charge in [-0.25, -0.2) is 9.37 Å². The standard InChI is InChI=1S/C14H23FN2O/c1-3-4-5-6-7-10-18-14-13(15)12(11-16-2)8-9-17-14/h8-9,16H,3-7,10-11H2,1-2H3. The van der Waals surface area contributed by atoms with Crippen molar-refractivity contribution in [3.05, 3.63) is 23.6 Å². The summed E-state index contributed by atoms with van der Waals surface area (Å²) in [4.78, 5) is 3.93. The maximum atomic E-state index is 13.9. The molecule has 0 aliphatic rings. The Hall–Kier alpha value is -1.16. The zero-order valence-electron chi connectivity index (χ0n) is 11.3. The lowest BCUT2D eigenvalue weighted by Gasteiger charge is -2.08. The van der Waals surface area contributed by atoms with Crippen LogP contribution in [-0.2, 0) is 6.54 Å². The summed E-state index contributed by atoms with van der Waals surface area (Å²) in [6, 6.07) is 1.67. The number of rotatable bonds is 9. The van der Waals surface area contributed by atoms with Gasteiger partial charge in [-0.05, 0) is 19.5 Å². The Morgan fingerprint density at radius 2 is 2.06 bits per heavy atom. The maximum Gasteiger partial charge on any atom is 0.250 e. The monoisotopic (exact) mass is 254 g/mol. The molecule has 0 aliphatic heterocycles. The number of unbranched alkanes of at least 4 members (excludes halogenated alkanes) is 4. The van der Waals surface area contributed by atoms with Gasteiger partial charge in [0.25, 0.3) is 5.88 Å². The third-order valence-corrected chi connectivity index (χ3v) is 2.79. The lowest BCUT2D eigenvalue weighted by Crippen LogP contribution is -2.09. The number of pyridine rings is 1. The Morgan fingerprint density at radius 1 is 1.28 bits per heavy atom. The van der Waals surface area contributed by atoms with Gasteiger partial charge >= 0.3 is 0 Å². The zero-order chi connectivity index (χ0) is 13.2. The highest BCUT2D eigenvalue weighted by Gasteiger charge is 2.09. The first-order chi connectivity index (χ1) is 8.79. The van der Waals surface area contributed by atoms with E-state index in [4.69, 9.17) is 4.74 Å². The highest BCUT2D eigenvalue weighted by Crippen LogP contribution is 2.17. The highest BCUT2D eigenvalue weighted by atomic mass is 19.1. The van der Waals surface area contributed by atoms with Crippen LogP contribution in [0.25, 0.3) is 0 Å². The van der Waals surface area contributed by atoms with Crippen LogP contribution in [-0.4, -0.2) is 18.6 Å². The van der Waals surface area contributed by atoms with E-state index < -0.39 is 0 Å². The summed E-state index contributed by atoms with van der Waals surface area (Å²) in [6.45, 7) is 3.21. The molecule has 0 aromatic carbocycles. The summed E-state index contributed by atoms with van der Waals surface area (Å²) in [7, 11) is 1.79. The fraction of sp³-hybridized carbons (Fsp3) is 0.643. The number of aromatic nitrogens is 1. The summed E-state index contributed by atoms with van der Waals surface area (Å²) in [6.07, 6.45) is 7.37. The third kappa shape index (κ3) is 5.00. The fourth-order valence-electron chi connectivity index (χ4n) is 1.76. The van der Waals surface area contributed by atoms with Crippen LogP contribution in [0.4, 0.5) is 4.39 Å². The van der Waals surface area contributed by atoms with Crippen LogP contribution in [0.2, 0.25) is 0 Å². The summed E-state index contributed by atoms with van der Waals surface area (Å²) in [5.41, 5.74) is 0.591. The second-order valence-corrected chi connectivity index (χ2v) is 4.38. The Balaban J connectivity index is 2.35. The quantitative estimate of drug-likeness (QED) is 0.687. The molecule has 0 saturated carbocycles. The molecule has 0 unspecified atom stereocenters. The van der Waals surface area contributed by atoms with E-state index in [1.807, 2.05) is 0 Å². The van der Waals surface area contributed by atoms with Crippen LogP contribution in [0.3, 0.4) is 0 Å². The Labute approximate surface area is 109 Å². The van der Waals surface area contributed by atoms with Gasteiger partial charge in [0.05, 0.1) is 6.61 Å². The summed E-state index contributed by atoms with van der Waals surface area (Å²) in [5, 5.41) is 2.92. The second-order valence-electron chi connectivity index (χ2n) is 4.38. The van der Waals surface area contributed by atoms with E-state index >= 15 is 0 Å². The molecule has 1 aromatic heterocycles. The van der Waals surface area contributed by atoms with Crippen molar-refractivity contribution in [1.82, 2.24) is 10.3 Å². The normalized spacial score (nSPS) is 10.6. The molecular weight excluding hydrogens is 231 g/mol. The van der Waals surface area contributed by atoms with Gasteiger partial charge in [0, 0.05) is 18.3 Å². The molecule has 1 aromatic rings. The van der Waals surface area contributed by atoms with Crippen molar-refractivity contribution < 1.29 is 9.13 Å². The van der Waals surface area contributed by atoms with E-state index in [2.05, 4.69) is 17.2 Å². The van der Waals surface area contributed by atoms with Crippen LogP contribution >= 0.6 is 0 Å². The smallest absolute Gasteiger partial charge is 0.250 e. The first kappa shape index (κ1) is 14.9. The number of nitrogens with one attached hydrogen (secondary N) is 1. The average molecular weight is 254 g/mol. The minimum absolute atomic E-state index is 0.123. The summed E-state index contributed by atoms with van der Waals surface area (Å²) >= 11 is 0. The molecule has 0 saturated heterocycles. The van der Waals surface area contributed by atoms with E-state index in [0.717, 1.165) is 12.8 Å². The fourth-order valence-corrected chi connectivity index (χ4v) is 1.76. The van der Waals surface area contributed by atoms with Gasteiger partial charge in [0.1, 0.15) is 0 Å². The van der Waals surface area contributed by atoms with Gasteiger partial charge in [-0.1, -0.05) is 32.6 Å². The number of halogens is 1. The van der Waals surface area contributed by atoms with Gasteiger partial charge in [-0.3, -0.25) is 0 Å². The second kappa shape index (κ2) is 8.86. The van der Waals surface area contributed by atoms with E-state index in [0.29, 0.717) is 18.7 Å². The van der Waals surface area contributed by atoms with Crippen LogP contribution in [0, 0.1) is 5.82 Å². The molecule has 3 nitrogen and oxygen atoms in total. The first-order valence-corrected chi connectivity index (χ1v) is 6.70. The van der Waals surface area contributed by atoms with Crippen molar-refractivity contribution >= 4 is 0 Å². The largest absolute Gasteiger partial charge is 0.476 e. The summed E-state index contributed by atoms with van der Waals surface area (Å²) in [5.74, 6) is -0.223. The van der Waals surface area contributed by atoms with Gasteiger partial charge in [-0.2, -0.15) is 0 Å². The molecule has 4 heteroatoms. The third-order valence-electron chi connectivity index (χ3n) is 2.79. The van der Waals surface area contributed by atoms with E-state index in [9.17, 15) is 4.39 Å². The van der Waals surface area contributed by atoms with Crippen molar-refractivity contribution in [3.63, 3.8) is 0 Å². The van der Waals surface area contributed by atoms with Crippen LogP contribution in [0.5, 0.6) is 5.88 Å². The van der Waals surface area contributed by atoms with Crippen LogP contribution in [0.15, 0.2) is 12.3 Å². The molecule has 1 rings (SSSR count). The van der Waals surface area contributed by atoms with Crippen molar-refractivity contribution in [2.45, 2.75) is 45.6 Å². The molecule has 0 amide bonds. The summed E-state index contributed by atoms with van der Waals surface area (Å²) < 4.78 is 19.3. The van der Waals surface area contributed by atoms with Gasteiger partial charge in [-0.15, -0.1) is 0 Å². The van der Waals surface area contributed by atoms with E-state index in [1.165, 1.54) is 19.3 Å². The molecule has 0 bridgehead atoms. The lowest BCUT2D eigenvalue weighted by atomic mass is 10.2. The molecule has 1 heterocycles. The lowest BCUT2D eigenvalue weighted by molar-refractivity contribution is 0.277. The van der Waals surface area contributed by atoms with Crippen LogP contribution < -0.4 is 10.1 Å². The maximum absolute atomic E-state index is 13.9. The first-order valence-electron chi connectivity index (χ1n) is 6.70. The Kier molecular flexibility index (Phi) is 7.34. The SMILES string of the molecule is CCCCCCCOc1nccc(CNC)c1F. The van der Waals surface area contributed by atoms with Crippen molar-refractivity contribution in [1.29, 1.82) is 0 Å². The van der Waals surface area contributed by atoms with Crippen molar-refractivity contribution in [2.75, 3.05) is 13.7 Å². The zero-order valence-corrected chi connectivity index (χ0v) is 11.3.